The van der Waals surface area contributed by atoms with E-state index in [4.69, 9.17) is 17.0 Å². The second kappa shape index (κ2) is 9.87. The molecule has 0 aliphatic heterocycles. The van der Waals surface area contributed by atoms with Gasteiger partial charge in [-0.05, 0) is 57.5 Å². The first-order valence-corrected chi connectivity index (χ1v) is 8.60. The van der Waals surface area contributed by atoms with Gasteiger partial charge in [0.2, 0.25) is 0 Å². The minimum Gasteiger partial charge on any atom is -0.382 e. The van der Waals surface area contributed by atoms with Gasteiger partial charge in [-0.25, -0.2) is 0 Å². The van der Waals surface area contributed by atoms with Gasteiger partial charge in [0.05, 0.1) is 0 Å². The van der Waals surface area contributed by atoms with Gasteiger partial charge in [0.25, 0.3) is 0 Å². The van der Waals surface area contributed by atoms with Crippen molar-refractivity contribution in [2.24, 2.45) is 0 Å². The fraction of sp³-hybridized carbons (Fsp3) is 0.923. The van der Waals surface area contributed by atoms with E-state index < -0.39 is 0 Å². The lowest BCUT2D eigenvalue weighted by Crippen LogP contribution is -2.44. The van der Waals surface area contributed by atoms with Crippen LogP contribution < -0.4 is 10.6 Å². The molecule has 0 aromatic heterocycles. The highest BCUT2D eigenvalue weighted by molar-refractivity contribution is 7.99. The molecule has 1 aliphatic rings. The van der Waals surface area contributed by atoms with Gasteiger partial charge in [0, 0.05) is 31.1 Å². The molecule has 0 bridgehead atoms. The number of nitrogens with one attached hydrogen (secondary N) is 2. The molecule has 5 heteroatoms. The Hall–Kier alpha value is 0. The molecule has 2 N–H and O–H groups in total. The molecule has 0 atom stereocenters. The van der Waals surface area contributed by atoms with Crippen molar-refractivity contribution in [2.45, 2.75) is 50.3 Å². The zero-order valence-corrected chi connectivity index (χ0v) is 13.2. The van der Waals surface area contributed by atoms with Crippen molar-refractivity contribution in [1.29, 1.82) is 0 Å². The molecule has 18 heavy (non-hydrogen) atoms. The number of hydrogen-bond donors (Lipinski definition) is 2. The molecule has 1 fully saturated rings. The van der Waals surface area contributed by atoms with Gasteiger partial charge in [0.1, 0.15) is 0 Å². The van der Waals surface area contributed by atoms with Crippen molar-refractivity contribution in [1.82, 2.24) is 10.6 Å². The molecule has 0 aromatic carbocycles. The number of hydrogen-bond acceptors (Lipinski definition) is 3. The second-order valence-electron chi connectivity index (χ2n) is 4.66. The SMILES string of the molecule is CCOCCCNC(=S)NC1CCC(SC)CC1. The Bertz CT molecular complexity index is 231. The van der Waals surface area contributed by atoms with Gasteiger partial charge in [0.15, 0.2) is 5.11 Å². The number of thiocarbonyl (C=S) groups is 1. The maximum Gasteiger partial charge on any atom is 0.166 e. The Labute approximate surface area is 121 Å². The van der Waals surface area contributed by atoms with Crippen LogP contribution in [0.25, 0.3) is 0 Å². The molecular formula is C13H26N2OS2. The van der Waals surface area contributed by atoms with Crippen molar-refractivity contribution in [3.63, 3.8) is 0 Å². The van der Waals surface area contributed by atoms with Crippen molar-refractivity contribution in [3.05, 3.63) is 0 Å². The van der Waals surface area contributed by atoms with Gasteiger partial charge in [-0.1, -0.05) is 0 Å². The van der Waals surface area contributed by atoms with Gasteiger partial charge >= 0.3 is 0 Å². The molecule has 0 amide bonds. The Morgan fingerprint density at radius 3 is 2.67 bits per heavy atom. The van der Waals surface area contributed by atoms with Gasteiger partial charge in [-0.3, -0.25) is 0 Å². The quantitative estimate of drug-likeness (QED) is 0.556. The van der Waals surface area contributed by atoms with Gasteiger partial charge in [-0.15, -0.1) is 0 Å². The highest BCUT2D eigenvalue weighted by Gasteiger charge is 2.20. The first-order chi connectivity index (χ1) is 8.76. The number of ether oxygens (including phenoxy) is 1. The molecule has 0 aromatic rings. The van der Waals surface area contributed by atoms with Crippen molar-refractivity contribution < 1.29 is 4.74 Å². The van der Waals surface area contributed by atoms with E-state index in [0.29, 0.717) is 6.04 Å². The summed E-state index contributed by atoms with van der Waals surface area (Å²) in [4.78, 5) is 0. The molecular weight excluding hydrogens is 264 g/mol. The topological polar surface area (TPSA) is 33.3 Å². The van der Waals surface area contributed by atoms with Crippen molar-refractivity contribution >= 4 is 29.1 Å². The Kier molecular flexibility index (Phi) is 8.80. The highest BCUT2D eigenvalue weighted by atomic mass is 32.2. The van der Waals surface area contributed by atoms with Crippen LogP contribution in [0, 0.1) is 0 Å². The largest absolute Gasteiger partial charge is 0.382 e. The zero-order valence-electron chi connectivity index (χ0n) is 11.5. The van der Waals surface area contributed by atoms with Crippen LogP contribution in [0.1, 0.15) is 39.0 Å². The van der Waals surface area contributed by atoms with E-state index in [2.05, 4.69) is 16.9 Å². The summed E-state index contributed by atoms with van der Waals surface area (Å²) in [5, 5.41) is 8.34. The van der Waals surface area contributed by atoms with Crippen LogP contribution in [0.2, 0.25) is 0 Å². The molecule has 3 nitrogen and oxygen atoms in total. The summed E-state index contributed by atoms with van der Waals surface area (Å²) in [7, 11) is 0. The van der Waals surface area contributed by atoms with Crippen LogP contribution in [-0.4, -0.2) is 42.4 Å². The van der Waals surface area contributed by atoms with E-state index in [0.717, 1.165) is 36.5 Å². The summed E-state index contributed by atoms with van der Waals surface area (Å²) in [5.41, 5.74) is 0. The molecule has 0 saturated heterocycles. The summed E-state index contributed by atoms with van der Waals surface area (Å²) >= 11 is 7.30. The summed E-state index contributed by atoms with van der Waals surface area (Å²) in [6.07, 6.45) is 8.33. The van der Waals surface area contributed by atoms with Gasteiger partial charge < -0.3 is 15.4 Å². The number of thioether (sulfide) groups is 1. The van der Waals surface area contributed by atoms with E-state index >= 15 is 0 Å². The molecule has 1 saturated carbocycles. The van der Waals surface area contributed by atoms with E-state index in [9.17, 15) is 0 Å². The maximum absolute atomic E-state index is 5.30. The minimum atomic E-state index is 0.570. The highest BCUT2D eigenvalue weighted by Crippen LogP contribution is 2.26. The second-order valence-corrected chi connectivity index (χ2v) is 6.21. The molecule has 0 heterocycles. The van der Waals surface area contributed by atoms with Crippen LogP contribution in [0.15, 0.2) is 0 Å². The Morgan fingerprint density at radius 2 is 2.06 bits per heavy atom. The maximum atomic E-state index is 5.30. The van der Waals surface area contributed by atoms with Crippen LogP contribution >= 0.6 is 24.0 Å². The van der Waals surface area contributed by atoms with Crippen LogP contribution in [0.5, 0.6) is 0 Å². The van der Waals surface area contributed by atoms with E-state index in [-0.39, 0.29) is 0 Å². The Morgan fingerprint density at radius 1 is 1.33 bits per heavy atom. The van der Waals surface area contributed by atoms with E-state index in [1.807, 2.05) is 18.7 Å². The van der Waals surface area contributed by atoms with Crippen molar-refractivity contribution in [3.8, 4) is 0 Å². The number of rotatable bonds is 7. The van der Waals surface area contributed by atoms with Crippen LogP contribution in [0.4, 0.5) is 0 Å². The minimum absolute atomic E-state index is 0.570. The normalized spacial score (nSPS) is 23.7. The predicted molar refractivity (Wildman–Crippen MR) is 84.4 cm³/mol. The standard InChI is InChI=1S/C13H26N2OS2/c1-3-16-10-4-9-14-13(17)15-11-5-7-12(18-2)8-6-11/h11-12H,3-10H2,1-2H3,(H2,14,15,17). The fourth-order valence-electron chi connectivity index (χ4n) is 2.20. The third-order valence-corrected chi connectivity index (χ3v) is 4.70. The van der Waals surface area contributed by atoms with E-state index in [1.165, 1.54) is 25.7 Å². The average molecular weight is 290 g/mol. The van der Waals surface area contributed by atoms with Crippen molar-refractivity contribution in [2.75, 3.05) is 26.0 Å². The lowest BCUT2D eigenvalue weighted by atomic mass is 9.95. The first-order valence-electron chi connectivity index (χ1n) is 6.91. The summed E-state index contributed by atoms with van der Waals surface area (Å²) in [6, 6.07) is 0.570. The molecule has 1 rings (SSSR count). The molecule has 1 aliphatic carbocycles. The van der Waals surface area contributed by atoms with Crippen LogP contribution in [-0.2, 0) is 4.74 Å². The molecule has 106 valence electrons. The molecule has 0 radical (unpaired) electrons. The van der Waals surface area contributed by atoms with E-state index in [1.54, 1.807) is 0 Å². The third kappa shape index (κ3) is 6.81. The summed E-state index contributed by atoms with van der Waals surface area (Å²) in [6.45, 7) is 4.52. The van der Waals surface area contributed by atoms with Gasteiger partial charge in [-0.2, -0.15) is 11.8 Å². The lowest BCUT2D eigenvalue weighted by Gasteiger charge is -2.29. The Balaban J connectivity index is 2.02. The summed E-state index contributed by atoms with van der Waals surface area (Å²) < 4.78 is 5.28. The van der Waals surface area contributed by atoms with Crippen LogP contribution in [0.3, 0.4) is 0 Å². The smallest absolute Gasteiger partial charge is 0.166 e. The monoisotopic (exact) mass is 290 g/mol. The zero-order chi connectivity index (χ0) is 13.2. The molecule has 0 unspecified atom stereocenters. The first kappa shape index (κ1) is 16.1. The predicted octanol–water partition coefficient (Wildman–Crippen LogP) is 2.55. The average Bonchev–Trinajstić information content (AvgIpc) is 2.39. The lowest BCUT2D eigenvalue weighted by molar-refractivity contribution is 0.145. The third-order valence-electron chi connectivity index (χ3n) is 3.30. The summed E-state index contributed by atoms with van der Waals surface area (Å²) in [5.74, 6) is 0. The molecule has 0 spiro atoms. The fourth-order valence-corrected chi connectivity index (χ4v) is 3.21.